The van der Waals surface area contributed by atoms with Crippen LogP contribution in [0.4, 0.5) is 14.5 Å². The van der Waals surface area contributed by atoms with Crippen LogP contribution in [0.2, 0.25) is 0 Å². The summed E-state index contributed by atoms with van der Waals surface area (Å²) >= 11 is 1.17. The molecule has 0 unspecified atom stereocenters. The molecule has 0 atom stereocenters. The van der Waals surface area contributed by atoms with Crippen molar-refractivity contribution in [1.29, 1.82) is 5.41 Å². The van der Waals surface area contributed by atoms with Crippen molar-refractivity contribution in [3.63, 3.8) is 0 Å². The maximum atomic E-state index is 13.3. The van der Waals surface area contributed by atoms with Gasteiger partial charge in [-0.2, -0.15) is 0 Å². The molecule has 1 amide bonds. The van der Waals surface area contributed by atoms with Crippen LogP contribution >= 0.6 is 23.7 Å². The number of carbonyl (C=O) groups excluding carboxylic acids is 1. The molecule has 4 nitrogen and oxygen atoms in total. The number of thiazole rings is 1. The summed E-state index contributed by atoms with van der Waals surface area (Å²) in [5, 5.41) is 11.4. The summed E-state index contributed by atoms with van der Waals surface area (Å²) in [6, 6.07) is 2.83. The molecule has 2 aromatic rings. The number of hydrogen-bond donors (Lipinski definition) is 2. The number of aromatic nitrogens is 1. The first-order chi connectivity index (χ1) is 8.56. The SMILES string of the molecule is Cl.N=c1sccn1CC(=O)Nc1cc(F)ccc1F. The van der Waals surface area contributed by atoms with Crippen LogP contribution < -0.4 is 10.1 Å². The van der Waals surface area contributed by atoms with Crippen molar-refractivity contribution in [2.24, 2.45) is 0 Å². The first kappa shape index (κ1) is 15.3. The Morgan fingerprint density at radius 3 is 2.79 bits per heavy atom. The Hall–Kier alpha value is -1.73. The number of rotatable bonds is 3. The summed E-state index contributed by atoms with van der Waals surface area (Å²) in [6.45, 7) is -0.113. The molecule has 0 saturated carbocycles. The molecule has 0 saturated heterocycles. The van der Waals surface area contributed by atoms with Crippen molar-refractivity contribution in [2.45, 2.75) is 6.54 Å². The Balaban J connectivity index is 0.00000180. The molecule has 1 aromatic heterocycles. The Labute approximate surface area is 117 Å². The Kier molecular flexibility index (Phi) is 5.20. The van der Waals surface area contributed by atoms with Gasteiger partial charge in [0.15, 0.2) is 4.80 Å². The van der Waals surface area contributed by atoms with Crippen molar-refractivity contribution in [1.82, 2.24) is 4.57 Å². The normalized spacial score (nSPS) is 9.79. The van der Waals surface area contributed by atoms with Crippen LogP contribution in [0.15, 0.2) is 29.8 Å². The molecule has 0 fully saturated rings. The average molecular weight is 306 g/mol. The van der Waals surface area contributed by atoms with E-state index in [9.17, 15) is 13.6 Å². The van der Waals surface area contributed by atoms with Gasteiger partial charge in [-0.1, -0.05) is 0 Å². The minimum Gasteiger partial charge on any atom is -0.322 e. The maximum absolute atomic E-state index is 13.3. The van der Waals surface area contributed by atoms with E-state index in [0.717, 1.165) is 18.2 Å². The standard InChI is InChI=1S/C11H9F2N3OS.ClH/c12-7-1-2-8(13)9(5-7)15-10(17)6-16-3-4-18-11(16)14;/h1-5,14H,6H2,(H,15,17);1H. The van der Waals surface area contributed by atoms with Gasteiger partial charge in [0.1, 0.15) is 18.2 Å². The second kappa shape index (κ2) is 6.44. The van der Waals surface area contributed by atoms with Crippen LogP contribution in [0, 0.1) is 17.0 Å². The fraction of sp³-hybridized carbons (Fsp3) is 0.0909. The summed E-state index contributed by atoms with van der Waals surface area (Å²) in [7, 11) is 0. The van der Waals surface area contributed by atoms with Gasteiger partial charge in [0, 0.05) is 17.6 Å². The van der Waals surface area contributed by atoms with Crippen molar-refractivity contribution < 1.29 is 13.6 Å². The van der Waals surface area contributed by atoms with Gasteiger partial charge < -0.3 is 9.88 Å². The summed E-state index contributed by atoms with van der Waals surface area (Å²) < 4.78 is 27.6. The van der Waals surface area contributed by atoms with Gasteiger partial charge in [-0.15, -0.1) is 23.7 Å². The van der Waals surface area contributed by atoms with Crippen molar-refractivity contribution in [2.75, 3.05) is 5.32 Å². The van der Waals surface area contributed by atoms with Gasteiger partial charge in [-0.3, -0.25) is 10.2 Å². The van der Waals surface area contributed by atoms with Crippen LogP contribution in [0.5, 0.6) is 0 Å². The van der Waals surface area contributed by atoms with E-state index in [4.69, 9.17) is 5.41 Å². The van der Waals surface area contributed by atoms with Crippen molar-refractivity contribution in [3.05, 3.63) is 46.2 Å². The van der Waals surface area contributed by atoms with Crippen molar-refractivity contribution in [3.8, 4) is 0 Å². The van der Waals surface area contributed by atoms with Crippen LogP contribution in [-0.2, 0) is 11.3 Å². The highest BCUT2D eigenvalue weighted by Gasteiger charge is 2.09. The molecule has 0 aliphatic rings. The minimum atomic E-state index is -0.703. The van der Waals surface area contributed by atoms with Crippen LogP contribution in [0.3, 0.4) is 0 Å². The summed E-state index contributed by atoms with van der Waals surface area (Å²) in [5.41, 5.74) is -0.206. The van der Waals surface area contributed by atoms with Crippen LogP contribution in [0.25, 0.3) is 0 Å². The van der Waals surface area contributed by atoms with Crippen molar-refractivity contribution >= 4 is 35.3 Å². The quantitative estimate of drug-likeness (QED) is 0.898. The molecular weight excluding hydrogens is 296 g/mol. The van der Waals surface area contributed by atoms with E-state index in [2.05, 4.69) is 5.32 Å². The fourth-order valence-electron chi connectivity index (χ4n) is 1.37. The fourth-order valence-corrected chi connectivity index (χ4v) is 1.96. The largest absolute Gasteiger partial charge is 0.322 e. The van der Waals surface area contributed by atoms with E-state index >= 15 is 0 Å². The van der Waals surface area contributed by atoms with Gasteiger partial charge in [0.2, 0.25) is 5.91 Å². The second-order valence-corrected chi connectivity index (χ2v) is 4.40. The molecule has 1 aromatic carbocycles. The molecule has 0 radical (unpaired) electrons. The Morgan fingerprint density at radius 1 is 1.42 bits per heavy atom. The van der Waals surface area contributed by atoms with E-state index in [0.29, 0.717) is 0 Å². The Bertz CT molecular complexity index is 641. The molecular formula is C11H10ClF2N3OS. The van der Waals surface area contributed by atoms with Gasteiger partial charge >= 0.3 is 0 Å². The van der Waals surface area contributed by atoms with E-state index in [1.165, 1.54) is 15.9 Å². The lowest BCUT2D eigenvalue weighted by Crippen LogP contribution is -2.24. The molecule has 1 heterocycles. The summed E-state index contributed by atoms with van der Waals surface area (Å²) in [5.74, 6) is -1.85. The third-order valence-electron chi connectivity index (χ3n) is 2.20. The first-order valence-corrected chi connectivity index (χ1v) is 5.87. The topological polar surface area (TPSA) is 57.9 Å². The first-order valence-electron chi connectivity index (χ1n) is 4.99. The molecule has 0 bridgehead atoms. The zero-order chi connectivity index (χ0) is 13.1. The zero-order valence-electron chi connectivity index (χ0n) is 9.52. The molecule has 19 heavy (non-hydrogen) atoms. The number of amides is 1. The molecule has 0 spiro atoms. The number of halogens is 3. The summed E-state index contributed by atoms with van der Waals surface area (Å²) in [4.78, 5) is 11.8. The molecule has 102 valence electrons. The number of benzene rings is 1. The highest BCUT2D eigenvalue weighted by molar-refractivity contribution is 7.06. The molecule has 0 aliphatic carbocycles. The lowest BCUT2D eigenvalue weighted by Gasteiger charge is -2.06. The minimum absolute atomic E-state index is 0. The highest BCUT2D eigenvalue weighted by Crippen LogP contribution is 2.15. The smallest absolute Gasteiger partial charge is 0.244 e. The van der Waals surface area contributed by atoms with Gasteiger partial charge in [0.25, 0.3) is 0 Å². The van der Waals surface area contributed by atoms with Crippen LogP contribution in [0.1, 0.15) is 0 Å². The predicted molar refractivity (Wildman–Crippen MR) is 70.4 cm³/mol. The molecule has 2 rings (SSSR count). The predicted octanol–water partition coefficient (Wildman–Crippen LogP) is 2.37. The van der Waals surface area contributed by atoms with Gasteiger partial charge in [-0.25, -0.2) is 8.78 Å². The lowest BCUT2D eigenvalue weighted by molar-refractivity contribution is -0.116. The number of nitrogens with zero attached hydrogens (tertiary/aromatic N) is 1. The maximum Gasteiger partial charge on any atom is 0.244 e. The number of nitrogens with one attached hydrogen (secondary N) is 2. The number of carbonyl (C=O) groups is 1. The summed E-state index contributed by atoms with van der Waals surface area (Å²) in [6.07, 6.45) is 1.58. The average Bonchev–Trinajstić information content (AvgIpc) is 2.70. The second-order valence-electron chi connectivity index (χ2n) is 3.51. The van der Waals surface area contributed by atoms with Crippen LogP contribution in [-0.4, -0.2) is 10.5 Å². The third-order valence-corrected chi connectivity index (χ3v) is 2.91. The lowest BCUT2D eigenvalue weighted by atomic mass is 10.3. The number of anilines is 1. The van der Waals surface area contributed by atoms with Gasteiger partial charge in [0.05, 0.1) is 5.69 Å². The monoisotopic (exact) mass is 305 g/mol. The highest BCUT2D eigenvalue weighted by atomic mass is 35.5. The van der Waals surface area contributed by atoms with Gasteiger partial charge in [-0.05, 0) is 12.1 Å². The van der Waals surface area contributed by atoms with E-state index in [1.807, 2.05) is 0 Å². The Morgan fingerprint density at radius 2 is 2.16 bits per heavy atom. The zero-order valence-corrected chi connectivity index (χ0v) is 11.2. The van der Waals surface area contributed by atoms with E-state index in [1.54, 1.807) is 11.6 Å². The van der Waals surface area contributed by atoms with E-state index < -0.39 is 17.5 Å². The number of hydrogen-bond acceptors (Lipinski definition) is 3. The molecule has 0 aliphatic heterocycles. The molecule has 8 heteroatoms. The third kappa shape index (κ3) is 3.87. The van der Waals surface area contributed by atoms with E-state index in [-0.39, 0.29) is 29.4 Å². The molecule has 2 N–H and O–H groups in total.